The molecule has 1 atom stereocenters. The lowest BCUT2D eigenvalue weighted by Crippen LogP contribution is -2.42. The molecule has 106 valence electrons. The van der Waals surface area contributed by atoms with Gasteiger partial charge in [-0.05, 0) is 30.5 Å². The van der Waals surface area contributed by atoms with Crippen LogP contribution in [0.4, 0.5) is 0 Å². The highest BCUT2D eigenvalue weighted by molar-refractivity contribution is 5.92. The molecule has 1 amide bonds. The average molecular weight is 276 g/mol. The van der Waals surface area contributed by atoms with Gasteiger partial charge in [0.05, 0.1) is 6.10 Å². The summed E-state index contributed by atoms with van der Waals surface area (Å²) in [7, 11) is 0. The van der Waals surface area contributed by atoms with Gasteiger partial charge in [-0.3, -0.25) is 9.78 Å². The van der Waals surface area contributed by atoms with Gasteiger partial charge in [0.2, 0.25) is 0 Å². The molecule has 1 aromatic heterocycles. The van der Waals surface area contributed by atoms with Gasteiger partial charge < -0.3 is 15.1 Å². The highest BCUT2D eigenvalue weighted by Crippen LogP contribution is 2.13. The third-order valence-corrected chi connectivity index (χ3v) is 3.11. The molecule has 2 heterocycles. The predicted octanol–water partition coefficient (Wildman–Crippen LogP) is 0.776. The van der Waals surface area contributed by atoms with Crippen LogP contribution in [0.25, 0.3) is 6.08 Å². The Hall–Kier alpha value is -2.21. The van der Waals surface area contributed by atoms with E-state index in [4.69, 9.17) is 5.11 Å². The molecule has 1 aliphatic heterocycles. The average Bonchev–Trinajstić information content (AvgIpc) is 2.45. The van der Waals surface area contributed by atoms with Crippen molar-refractivity contribution in [1.82, 2.24) is 9.88 Å². The summed E-state index contributed by atoms with van der Waals surface area (Å²) < 4.78 is 0. The van der Waals surface area contributed by atoms with E-state index < -0.39 is 12.1 Å². The zero-order valence-corrected chi connectivity index (χ0v) is 10.9. The summed E-state index contributed by atoms with van der Waals surface area (Å²) in [6.45, 7) is 0.958. The smallest absolute Gasteiger partial charge is 0.328 e. The fourth-order valence-corrected chi connectivity index (χ4v) is 2.10. The lowest BCUT2D eigenvalue weighted by atomic mass is 10.1. The number of aliphatic hydroxyl groups excluding tert-OH is 1. The molecule has 0 aliphatic carbocycles. The molecule has 0 aromatic carbocycles. The molecule has 0 spiro atoms. The maximum atomic E-state index is 12.2. The van der Waals surface area contributed by atoms with Gasteiger partial charge >= 0.3 is 5.97 Å². The number of likely N-dealkylation sites (tertiary alicyclic amines) is 1. The number of aliphatic carboxylic acids is 1. The number of nitrogens with zero attached hydrogens (tertiary/aromatic N) is 2. The zero-order valence-electron chi connectivity index (χ0n) is 10.9. The highest BCUT2D eigenvalue weighted by atomic mass is 16.4. The number of carbonyl (C=O) groups excluding carboxylic acids is 1. The molecular formula is C14H16N2O4. The minimum atomic E-state index is -1.03. The third kappa shape index (κ3) is 3.64. The summed E-state index contributed by atoms with van der Waals surface area (Å²) in [5.74, 6) is -1.25. The van der Waals surface area contributed by atoms with Gasteiger partial charge in [-0.2, -0.15) is 0 Å². The molecule has 6 nitrogen and oxygen atoms in total. The summed E-state index contributed by atoms with van der Waals surface area (Å²) in [6.07, 6.45) is 4.91. The normalized spacial score (nSPS) is 19.2. The van der Waals surface area contributed by atoms with Crippen LogP contribution in [-0.4, -0.2) is 51.2 Å². The van der Waals surface area contributed by atoms with Crippen molar-refractivity contribution in [3.05, 3.63) is 35.7 Å². The molecule has 1 fully saturated rings. The molecule has 1 aromatic rings. The van der Waals surface area contributed by atoms with E-state index in [1.807, 2.05) is 0 Å². The van der Waals surface area contributed by atoms with E-state index in [1.54, 1.807) is 17.0 Å². The van der Waals surface area contributed by atoms with Crippen LogP contribution in [0.2, 0.25) is 0 Å². The van der Waals surface area contributed by atoms with Gasteiger partial charge in [-0.1, -0.05) is 6.07 Å². The van der Waals surface area contributed by atoms with Gasteiger partial charge in [0, 0.05) is 25.4 Å². The number of rotatable bonds is 3. The zero-order chi connectivity index (χ0) is 14.5. The number of carbonyl (C=O) groups is 2. The topological polar surface area (TPSA) is 90.7 Å². The number of aliphatic hydroxyl groups is 1. The summed E-state index contributed by atoms with van der Waals surface area (Å²) >= 11 is 0. The first-order valence-electron chi connectivity index (χ1n) is 6.40. The van der Waals surface area contributed by atoms with E-state index in [-0.39, 0.29) is 5.91 Å². The van der Waals surface area contributed by atoms with E-state index in [9.17, 15) is 14.7 Å². The van der Waals surface area contributed by atoms with Crippen molar-refractivity contribution in [1.29, 1.82) is 0 Å². The van der Waals surface area contributed by atoms with Crippen LogP contribution in [0.5, 0.6) is 0 Å². The van der Waals surface area contributed by atoms with E-state index in [2.05, 4.69) is 4.98 Å². The van der Waals surface area contributed by atoms with Crippen molar-refractivity contribution in [2.75, 3.05) is 13.1 Å². The Morgan fingerprint density at radius 3 is 2.80 bits per heavy atom. The van der Waals surface area contributed by atoms with Crippen molar-refractivity contribution in [3.8, 4) is 0 Å². The molecule has 0 saturated carbocycles. The van der Waals surface area contributed by atoms with Gasteiger partial charge in [-0.25, -0.2) is 4.79 Å². The number of β-amino-alcohol motifs (C(OH)–C–C–N with tert-alkyl or cyclic N) is 1. The molecule has 2 rings (SSSR count). The number of piperidine rings is 1. The molecule has 0 bridgehead atoms. The first-order chi connectivity index (χ1) is 9.56. The molecule has 1 saturated heterocycles. The first-order valence-corrected chi connectivity index (χ1v) is 6.40. The van der Waals surface area contributed by atoms with Gasteiger partial charge in [0.25, 0.3) is 5.91 Å². The third-order valence-electron chi connectivity index (χ3n) is 3.11. The lowest BCUT2D eigenvalue weighted by molar-refractivity contribution is -0.131. The number of pyridine rings is 1. The van der Waals surface area contributed by atoms with Crippen LogP contribution < -0.4 is 0 Å². The van der Waals surface area contributed by atoms with Crippen LogP contribution in [0, 0.1) is 0 Å². The molecule has 1 aliphatic rings. The van der Waals surface area contributed by atoms with E-state index in [0.29, 0.717) is 24.3 Å². The van der Waals surface area contributed by atoms with Crippen LogP contribution in [0.3, 0.4) is 0 Å². The SMILES string of the molecule is O=C(O)C=Cc1ccc(C(=O)N2CCCC(O)C2)nc1. The van der Waals surface area contributed by atoms with Gasteiger partial charge in [-0.15, -0.1) is 0 Å². The Morgan fingerprint density at radius 1 is 1.40 bits per heavy atom. The molecular weight excluding hydrogens is 260 g/mol. The minimum Gasteiger partial charge on any atom is -0.478 e. The number of aromatic nitrogens is 1. The van der Waals surface area contributed by atoms with Gasteiger partial charge in [0.1, 0.15) is 5.69 Å². The maximum absolute atomic E-state index is 12.2. The number of carboxylic acid groups (broad SMARTS) is 1. The van der Waals surface area contributed by atoms with Crippen molar-refractivity contribution < 1.29 is 19.8 Å². The standard InChI is InChI=1S/C14H16N2O4/c17-11-2-1-7-16(9-11)14(20)12-5-3-10(8-15-12)4-6-13(18)19/h3-6,8,11,17H,1-2,7,9H2,(H,18,19). The summed E-state index contributed by atoms with van der Waals surface area (Å²) in [5.41, 5.74) is 0.911. The second kappa shape index (κ2) is 6.29. The van der Waals surface area contributed by atoms with E-state index >= 15 is 0 Å². The fraction of sp³-hybridized carbons (Fsp3) is 0.357. The molecule has 2 N–H and O–H groups in total. The second-order valence-electron chi connectivity index (χ2n) is 4.70. The number of hydrogen-bond donors (Lipinski definition) is 2. The van der Waals surface area contributed by atoms with Crippen molar-refractivity contribution in [2.24, 2.45) is 0 Å². The van der Waals surface area contributed by atoms with Crippen LogP contribution in [0.1, 0.15) is 28.9 Å². The Labute approximate surface area is 116 Å². The summed E-state index contributed by atoms with van der Waals surface area (Å²) in [5, 5.41) is 18.1. The van der Waals surface area contributed by atoms with Crippen LogP contribution in [-0.2, 0) is 4.79 Å². The molecule has 1 unspecified atom stereocenters. The largest absolute Gasteiger partial charge is 0.478 e. The number of hydrogen-bond acceptors (Lipinski definition) is 4. The Morgan fingerprint density at radius 2 is 2.20 bits per heavy atom. The Balaban J connectivity index is 2.05. The maximum Gasteiger partial charge on any atom is 0.328 e. The number of amides is 1. The van der Waals surface area contributed by atoms with Crippen molar-refractivity contribution in [2.45, 2.75) is 18.9 Å². The Bertz CT molecular complexity index is 524. The summed E-state index contributed by atoms with van der Waals surface area (Å²) in [4.78, 5) is 28.2. The number of carboxylic acids is 1. The van der Waals surface area contributed by atoms with Crippen molar-refractivity contribution in [3.63, 3.8) is 0 Å². The molecule has 6 heteroatoms. The van der Waals surface area contributed by atoms with Crippen LogP contribution >= 0.6 is 0 Å². The lowest BCUT2D eigenvalue weighted by Gasteiger charge is -2.29. The minimum absolute atomic E-state index is 0.211. The quantitative estimate of drug-likeness (QED) is 0.796. The van der Waals surface area contributed by atoms with Crippen molar-refractivity contribution >= 4 is 18.0 Å². The van der Waals surface area contributed by atoms with Crippen LogP contribution in [0.15, 0.2) is 24.4 Å². The Kier molecular flexibility index (Phi) is 4.47. The van der Waals surface area contributed by atoms with E-state index in [1.165, 1.54) is 12.3 Å². The molecule has 20 heavy (non-hydrogen) atoms. The molecule has 0 radical (unpaired) electrons. The summed E-state index contributed by atoms with van der Waals surface area (Å²) in [6, 6.07) is 3.20. The fourth-order valence-electron chi connectivity index (χ4n) is 2.10. The first kappa shape index (κ1) is 14.2. The van der Waals surface area contributed by atoms with E-state index in [0.717, 1.165) is 18.9 Å². The monoisotopic (exact) mass is 276 g/mol. The second-order valence-corrected chi connectivity index (χ2v) is 4.70. The highest BCUT2D eigenvalue weighted by Gasteiger charge is 2.23. The predicted molar refractivity (Wildman–Crippen MR) is 72.1 cm³/mol. The van der Waals surface area contributed by atoms with Gasteiger partial charge in [0.15, 0.2) is 0 Å².